The number of hydrogen-bond donors (Lipinski definition) is 0. The first kappa shape index (κ1) is 25.6. The van der Waals surface area contributed by atoms with E-state index < -0.39 is 0 Å². The zero-order valence-electron chi connectivity index (χ0n) is 26.3. The molecular weight excluding hydrogens is 560 g/mol. The van der Waals surface area contributed by atoms with Crippen molar-refractivity contribution in [3.63, 3.8) is 0 Å². The van der Waals surface area contributed by atoms with Gasteiger partial charge in [-0.2, -0.15) is 0 Å². The van der Waals surface area contributed by atoms with Crippen LogP contribution in [-0.2, 0) is 28.2 Å². The summed E-state index contributed by atoms with van der Waals surface area (Å²) in [5.74, 6) is 0. The highest BCUT2D eigenvalue weighted by molar-refractivity contribution is 6.19. The minimum absolute atomic E-state index is 1.20. The van der Waals surface area contributed by atoms with Gasteiger partial charge in [0.2, 0.25) is 0 Å². The van der Waals surface area contributed by atoms with Crippen LogP contribution in [0.25, 0.3) is 99.4 Å². The number of rotatable bonds is 2. The highest BCUT2D eigenvalue weighted by atomic mass is 15.0. The van der Waals surface area contributed by atoms with Crippen LogP contribution in [0.15, 0.2) is 109 Å². The summed E-state index contributed by atoms with van der Waals surface area (Å²) in [4.78, 5) is 0. The van der Waals surface area contributed by atoms with Crippen molar-refractivity contribution < 1.29 is 0 Å². The molecule has 0 aliphatic carbocycles. The maximum Gasteiger partial charge on any atom is 0.0496 e. The molecule has 0 fully saturated rings. The molecule has 0 atom stereocenters. The quantitative estimate of drug-likeness (QED) is 0.178. The zero-order valence-corrected chi connectivity index (χ0v) is 26.3. The van der Waals surface area contributed by atoms with Gasteiger partial charge >= 0.3 is 0 Å². The largest absolute Gasteiger partial charge is 0.344 e. The van der Waals surface area contributed by atoms with Crippen molar-refractivity contribution in [2.24, 2.45) is 28.2 Å². The zero-order chi connectivity index (χ0) is 30.8. The van der Waals surface area contributed by atoms with Gasteiger partial charge in [-0.15, -0.1) is 0 Å². The van der Waals surface area contributed by atoms with Gasteiger partial charge in [0.15, 0.2) is 0 Å². The molecule has 4 heterocycles. The predicted octanol–water partition coefficient (Wildman–Crippen LogP) is 10.4. The molecule has 4 nitrogen and oxygen atoms in total. The lowest BCUT2D eigenvalue weighted by molar-refractivity contribution is 1.01. The van der Waals surface area contributed by atoms with E-state index in [1.165, 1.54) is 98.4 Å². The highest BCUT2D eigenvalue weighted by Crippen LogP contribution is 2.38. The normalized spacial score (nSPS) is 12.7. The van der Waals surface area contributed by atoms with Gasteiger partial charge in [0.25, 0.3) is 0 Å². The molecule has 0 aliphatic rings. The van der Waals surface area contributed by atoms with Crippen molar-refractivity contribution >= 4 is 99.4 Å². The topological polar surface area (TPSA) is 19.7 Å². The lowest BCUT2D eigenvalue weighted by Crippen LogP contribution is -1.88. The van der Waals surface area contributed by atoms with Crippen molar-refractivity contribution in [2.75, 3.05) is 0 Å². The van der Waals surface area contributed by atoms with Crippen molar-refractivity contribution in [3.05, 3.63) is 120 Å². The van der Waals surface area contributed by atoms with Crippen LogP contribution < -0.4 is 0 Å². The fourth-order valence-corrected chi connectivity index (χ4v) is 8.14. The van der Waals surface area contributed by atoms with Crippen LogP contribution in [0.4, 0.5) is 0 Å². The molecule has 0 amide bonds. The first-order valence-electron chi connectivity index (χ1n) is 15.9. The summed E-state index contributed by atoms with van der Waals surface area (Å²) in [7, 11) is 8.72. The molecule has 0 radical (unpaired) electrons. The van der Waals surface area contributed by atoms with Gasteiger partial charge in [0.05, 0.1) is 0 Å². The second-order valence-electron chi connectivity index (χ2n) is 12.9. The lowest BCUT2D eigenvalue weighted by Gasteiger charge is -2.01. The Hall–Kier alpha value is -5.74. The van der Waals surface area contributed by atoms with Gasteiger partial charge in [-0.05, 0) is 59.7 Å². The van der Waals surface area contributed by atoms with Crippen molar-refractivity contribution in [1.29, 1.82) is 0 Å². The van der Waals surface area contributed by atoms with E-state index in [4.69, 9.17) is 0 Å². The Bertz CT molecular complexity index is 2750. The van der Waals surface area contributed by atoms with E-state index >= 15 is 0 Å². The van der Waals surface area contributed by atoms with Crippen LogP contribution in [0.2, 0.25) is 0 Å². The summed E-state index contributed by atoms with van der Waals surface area (Å²) in [5.41, 5.74) is 12.5. The number of aryl methyl sites for hydroxylation is 4. The Balaban J connectivity index is 1.06. The third-order valence-electron chi connectivity index (χ3n) is 10.6. The SMILES string of the molecule is Cn1c2ccccc2c2cc3c(cc21)c1ccc(/C=C/c2ccc4c5cc6c(cc5n(C)c4c2)c2ccccc2n6C)cc1n3C. The molecule has 0 N–H and O–H groups in total. The highest BCUT2D eigenvalue weighted by Gasteiger charge is 2.16. The Labute approximate surface area is 265 Å². The molecule has 0 aliphatic heterocycles. The van der Waals surface area contributed by atoms with E-state index in [1.54, 1.807) is 0 Å². The van der Waals surface area contributed by atoms with Crippen LogP contribution in [-0.4, -0.2) is 18.3 Å². The molecule has 0 bridgehead atoms. The van der Waals surface area contributed by atoms with E-state index in [1.807, 2.05) is 0 Å². The number of aromatic nitrogens is 4. The number of fused-ring (bicyclic) bond motifs is 12. The maximum absolute atomic E-state index is 2.37. The second kappa shape index (κ2) is 8.92. The molecule has 0 unspecified atom stereocenters. The number of hydrogen-bond acceptors (Lipinski definition) is 0. The molecule has 46 heavy (non-hydrogen) atoms. The smallest absolute Gasteiger partial charge is 0.0496 e. The number of nitrogens with zero attached hydrogens (tertiary/aromatic N) is 4. The summed E-state index contributed by atoms with van der Waals surface area (Å²) in [5, 5.41) is 10.4. The average Bonchev–Trinajstić information content (AvgIpc) is 3.74. The van der Waals surface area contributed by atoms with E-state index in [0.29, 0.717) is 0 Å². The van der Waals surface area contributed by atoms with Gasteiger partial charge in [-0.25, -0.2) is 0 Å². The maximum atomic E-state index is 2.37. The Kier molecular flexibility index (Phi) is 4.96. The molecule has 0 saturated heterocycles. The summed E-state index contributed by atoms with van der Waals surface area (Å²) in [6.45, 7) is 0. The van der Waals surface area contributed by atoms with Gasteiger partial charge in [0, 0.05) is 115 Å². The average molecular weight is 593 g/mol. The summed E-state index contributed by atoms with van der Waals surface area (Å²) >= 11 is 0. The molecule has 0 saturated carbocycles. The van der Waals surface area contributed by atoms with E-state index in [-0.39, 0.29) is 0 Å². The Morgan fingerprint density at radius 2 is 0.609 bits per heavy atom. The summed E-state index contributed by atoms with van der Waals surface area (Å²) < 4.78 is 9.32. The molecule has 6 aromatic carbocycles. The molecule has 10 aromatic rings. The summed E-state index contributed by atoms with van der Waals surface area (Å²) in [6.07, 6.45) is 4.48. The molecule has 4 aromatic heterocycles. The van der Waals surface area contributed by atoms with E-state index in [2.05, 4.69) is 168 Å². The fraction of sp³-hybridized carbons (Fsp3) is 0.0952. The van der Waals surface area contributed by atoms with Gasteiger partial charge < -0.3 is 18.3 Å². The van der Waals surface area contributed by atoms with Crippen molar-refractivity contribution in [2.45, 2.75) is 0 Å². The third-order valence-corrected chi connectivity index (χ3v) is 10.6. The fourth-order valence-electron chi connectivity index (χ4n) is 8.14. The van der Waals surface area contributed by atoms with Crippen LogP contribution in [0.1, 0.15) is 11.1 Å². The van der Waals surface area contributed by atoms with Crippen LogP contribution in [0.5, 0.6) is 0 Å². The number of benzene rings is 6. The first-order chi connectivity index (χ1) is 22.5. The standard InChI is InChI=1S/C42H32N4/c1-43-35-11-7-5-9-27(35)31-21-41-33(23-39(31)43)29-17-15-25(19-37(29)45(41)3)13-14-26-16-18-30-34-24-40-32(22-42(34)46(4)38(30)20-26)28-10-6-8-12-36(28)44(40)2/h5-24H,1-4H3/b14-13+. The minimum Gasteiger partial charge on any atom is -0.344 e. The predicted molar refractivity (Wildman–Crippen MR) is 198 cm³/mol. The van der Waals surface area contributed by atoms with Crippen molar-refractivity contribution in [1.82, 2.24) is 18.3 Å². The molecular formula is C42H32N4. The molecule has 0 spiro atoms. The van der Waals surface area contributed by atoms with Gasteiger partial charge in [-0.1, -0.05) is 72.8 Å². The number of para-hydroxylation sites is 2. The lowest BCUT2D eigenvalue weighted by atomic mass is 10.1. The third kappa shape index (κ3) is 3.28. The Morgan fingerprint density at radius 3 is 1.00 bits per heavy atom. The minimum atomic E-state index is 1.20. The second-order valence-corrected chi connectivity index (χ2v) is 12.9. The molecule has 10 rings (SSSR count). The molecule has 4 heteroatoms. The van der Waals surface area contributed by atoms with Crippen LogP contribution >= 0.6 is 0 Å². The monoisotopic (exact) mass is 592 g/mol. The van der Waals surface area contributed by atoms with E-state index in [0.717, 1.165) is 0 Å². The van der Waals surface area contributed by atoms with Crippen LogP contribution in [0, 0.1) is 0 Å². The molecule has 220 valence electrons. The van der Waals surface area contributed by atoms with E-state index in [9.17, 15) is 0 Å². The Morgan fingerprint density at radius 1 is 0.304 bits per heavy atom. The summed E-state index contributed by atoms with van der Waals surface area (Å²) in [6, 6.07) is 40.5. The van der Waals surface area contributed by atoms with Gasteiger partial charge in [-0.3, -0.25) is 0 Å². The van der Waals surface area contributed by atoms with Gasteiger partial charge in [0.1, 0.15) is 0 Å². The van der Waals surface area contributed by atoms with Crippen molar-refractivity contribution in [3.8, 4) is 0 Å². The first-order valence-corrected chi connectivity index (χ1v) is 15.9. The van der Waals surface area contributed by atoms with Crippen LogP contribution in [0.3, 0.4) is 0 Å².